The highest BCUT2D eigenvalue weighted by Crippen LogP contribution is 2.31. The van der Waals surface area contributed by atoms with Gasteiger partial charge in [0.05, 0.1) is 24.1 Å². The molecule has 0 atom stereocenters. The number of ether oxygens (including phenoxy) is 3. The Balaban J connectivity index is 1.74. The second kappa shape index (κ2) is 8.65. The SMILES string of the molecule is COc1ccc(Oc2ccc3c(=O)c4cc(C)cc(OCCN(C)C)c4oc3c2)cn1. The minimum absolute atomic E-state index is 0.102. The van der Waals surface area contributed by atoms with Crippen LogP contribution in [0.4, 0.5) is 0 Å². The van der Waals surface area contributed by atoms with Crippen LogP contribution in [0, 0.1) is 6.92 Å². The van der Waals surface area contributed by atoms with Crippen LogP contribution < -0.4 is 19.6 Å². The van der Waals surface area contributed by atoms with Crippen LogP contribution in [0.25, 0.3) is 21.9 Å². The number of likely N-dealkylation sites (N-methyl/N-ethyl adjacent to an activating group) is 1. The standard InChI is InChI=1S/C24H24N2O5/c1-15-11-19-23(27)18-7-5-16(30-17-6-8-22(28-4)25-14-17)13-20(18)31-24(19)21(12-15)29-10-9-26(2)3/h5-8,11-14H,9-10H2,1-4H3. The van der Waals surface area contributed by atoms with E-state index in [2.05, 4.69) is 4.98 Å². The third-order valence-electron chi connectivity index (χ3n) is 4.80. The first kappa shape index (κ1) is 20.7. The first-order chi connectivity index (χ1) is 14.9. The van der Waals surface area contributed by atoms with Crippen LogP contribution >= 0.6 is 0 Å². The number of benzene rings is 2. The summed E-state index contributed by atoms with van der Waals surface area (Å²) in [6, 6.07) is 12.3. The molecular formula is C24H24N2O5. The summed E-state index contributed by atoms with van der Waals surface area (Å²) in [5, 5.41) is 0.984. The number of hydrogen-bond acceptors (Lipinski definition) is 7. The highest BCUT2D eigenvalue weighted by Gasteiger charge is 2.14. The second-order valence-corrected chi connectivity index (χ2v) is 7.52. The molecule has 4 aromatic rings. The maximum atomic E-state index is 13.1. The number of aromatic nitrogens is 1. The van der Waals surface area contributed by atoms with Crippen LogP contribution in [0.1, 0.15) is 5.56 Å². The third kappa shape index (κ3) is 4.46. The molecule has 2 aromatic carbocycles. The van der Waals surface area contributed by atoms with Crippen molar-refractivity contribution < 1.29 is 18.6 Å². The maximum Gasteiger partial charge on any atom is 0.213 e. The maximum absolute atomic E-state index is 13.1. The van der Waals surface area contributed by atoms with Gasteiger partial charge in [-0.05, 0) is 56.9 Å². The predicted molar refractivity (Wildman–Crippen MR) is 120 cm³/mol. The zero-order valence-corrected chi connectivity index (χ0v) is 18.0. The lowest BCUT2D eigenvalue weighted by Crippen LogP contribution is -2.19. The van der Waals surface area contributed by atoms with Gasteiger partial charge in [0, 0.05) is 18.7 Å². The largest absolute Gasteiger partial charge is 0.488 e. The minimum Gasteiger partial charge on any atom is -0.488 e. The monoisotopic (exact) mass is 420 g/mol. The highest BCUT2D eigenvalue weighted by atomic mass is 16.5. The van der Waals surface area contributed by atoms with E-state index in [1.807, 2.05) is 38.1 Å². The molecule has 0 N–H and O–H groups in total. The third-order valence-corrected chi connectivity index (χ3v) is 4.80. The molecule has 7 nitrogen and oxygen atoms in total. The molecule has 7 heteroatoms. The first-order valence-corrected chi connectivity index (χ1v) is 9.91. The molecule has 2 heterocycles. The molecular weight excluding hydrogens is 396 g/mol. The van der Waals surface area contributed by atoms with Crippen molar-refractivity contribution in [2.45, 2.75) is 6.92 Å². The van der Waals surface area contributed by atoms with Gasteiger partial charge in [0.1, 0.15) is 23.7 Å². The summed E-state index contributed by atoms with van der Waals surface area (Å²) in [6.07, 6.45) is 1.57. The summed E-state index contributed by atoms with van der Waals surface area (Å²) in [5.74, 6) is 2.14. The van der Waals surface area contributed by atoms with Gasteiger partial charge in [-0.3, -0.25) is 4.79 Å². The zero-order valence-electron chi connectivity index (χ0n) is 18.0. The molecule has 0 aliphatic heterocycles. The first-order valence-electron chi connectivity index (χ1n) is 9.91. The topological polar surface area (TPSA) is 74.0 Å². The van der Waals surface area contributed by atoms with E-state index in [1.54, 1.807) is 43.6 Å². The molecule has 2 aromatic heterocycles. The Bertz CT molecular complexity index is 1280. The van der Waals surface area contributed by atoms with Crippen molar-refractivity contribution in [2.75, 3.05) is 34.4 Å². The molecule has 0 spiro atoms. The Hall–Kier alpha value is -3.58. The van der Waals surface area contributed by atoms with Gasteiger partial charge >= 0.3 is 0 Å². The van der Waals surface area contributed by atoms with Gasteiger partial charge in [0.15, 0.2) is 11.3 Å². The molecule has 0 saturated heterocycles. The van der Waals surface area contributed by atoms with Crippen LogP contribution in [0.5, 0.6) is 23.1 Å². The molecule has 0 saturated carbocycles. The van der Waals surface area contributed by atoms with E-state index in [0.29, 0.717) is 51.7 Å². The Morgan fingerprint density at radius 1 is 1.03 bits per heavy atom. The lowest BCUT2D eigenvalue weighted by molar-refractivity contribution is 0.261. The summed E-state index contributed by atoms with van der Waals surface area (Å²) < 4.78 is 23.0. The summed E-state index contributed by atoms with van der Waals surface area (Å²) in [6.45, 7) is 3.17. The fourth-order valence-electron chi connectivity index (χ4n) is 3.24. The van der Waals surface area contributed by atoms with Crippen LogP contribution in [0.15, 0.2) is 57.9 Å². The smallest absolute Gasteiger partial charge is 0.213 e. The van der Waals surface area contributed by atoms with Gasteiger partial charge in [0.2, 0.25) is 11.3 Å². The van der Waals surface area contributed by atoms with Crippen molar-refractivity contribution in [1.29, 1.82) is 0 Å². The van der Waals surface area contributed by atoms with E-state index in [9.17, 15) is 4.79 Å². The zero-order chi connectivity index (χ0) is 22.0. The summed E-state index contributed by atoms with van der Waals surface area (Å²) in [7, 11) is 5.51. The van der Waals surface area contributed by atoms with Crippen molar-refractivity contribution in [3.63, 3.8) is 0 Å². The second-order valence-electron chi connectivity index (χ2n) is 7.52. The van der Waals surface area contributed by atoms with Crippen LogP contribution in [-0.4, -0.2) is 44.2 Å². The molecule has 31 heavy (non-hydrogen) atoms. The summed E-state index contributed by atoms with van der Waals surface area (Å²) in [5.41, 5.74) is 1.70. The fraction of sp³-hybridized carbons (Fsp3) is 0.250. The van der Waals surface area contributed by atoms with Gasteiger partial charge < -0.3 is 23.5 Å². The number of fused-ring (bicyclic) bond motifs is 2. The molecule has 0 radical (unpaired) electrons. The molecule has 0 aliphatic carbocycles. The molecule has 4 rings (SSSR count). The average molecular weight is 420 g/mol. The van der Waals surface area contributed by atoms with Gasteiger partial charge in [0.25, 0.3) is 0 Å². The number of methoxy groups -OCH3 is 1. The molecule has 0 bridgehead atoms. The molecule has 0 amide bonds. The van der Waals surface area contributed by atoms with Crippen molar-refractivity contribution >= 4 is 21.9 Å². The lowest BCUT2D eigenvalue weighted by Gasteiger charge is -2.13. The number of pyridine rings is 1. The van der Waals surface area contributed by atoms with Crippen LogP contribution in [-0.2, 0) is 0 Å². The van der Waals surface area contributed by atoms with E-state index in [1.165, 1.54) is 0 Å². The highest BCUT2D eigenvalue weighted by molar-refractivity contribution is 5.93. The Kier molecular flexibility index (Phi) is 5.77. The number of hydrogen-bond donors (Lipinski definition) is 0. The van der Waals surface area contributed by atoms with Crippen molar-refractivity contribution in [3.05, 3.63) is 64.4 Å². The van der Waals surface area contributed by atoms with E-state index in [4.69, 9.17) is 18.6 Å². The van der Waals surface area contributed by atoms with Crippen molar-refractivity contribution in [2.24, 2.45) is 0 Å². The lowest BCUT2D eigenvalue weighted by atomic mass is 10.1. The van der Waals surface area contributed by atoms with E-state index >= 15 is 0 Å². The fourth-order valence-corrected chi connectivity index (χ4v) is 3.24. The number of aryl methyl sites for hydroxylation is 1. The van der Waals surface area contributed by atoms with Crippen LogP contribution in [0.2, 0.25) is 0 Å². The quantitative estimate of drug-likeness (QED) is 0.411. The van der Waals surface area contributed by atoms with E-state index in [0.717, 1.165) is 12.1 Å². The molecule has 0 aliphatic rings. The van der Waals surface area contributed by atoms with Gasteiger partial charge in [-0.1, -0.05) is 0 Å². The Morgan fingerprint density at radius 2 is 1.84 bits per heavy atom. The van der Waals surface area contributed by atoms with E-state index < -0.39 is 0 Å². The van der Waals surface area contributed by atoms with Crippen LogP contribution in [0.3, 0.4) is 0 Å². The minimum atomic E-state index is -0.102. The van der Waals surface area contributed by atoms with Gasteiger partial charge in [-0.15, -0.1) is 0 Å². The van der Waals surface area contributed by atoms with Gasteiger partial charge in [-0.25, -0.2) is 4.98 Å². The number of rotatable bonds is 7. The molecule has 0 fully saturated rings. The predicted octanol–water partition coefficient (Wildman–Crippen LogP) is 4.39. The number of nitrogens with zero attached hydrogens (tertiary/aromatic N) is 2. The summed E-state index contributed by atoms with van der Waals surface area (Å²) >= 11 is 0. The Labute approximate surface area is 179 Å². The Morgan fingerprint density at radius 3 is 2.55 bits per heavy atom. The summed E-state index contributed by atoms with van der Waals surface area (Å²) in [4.78, 5) is 19.3. The molecule has 160 valence electrons. The average Bonchev–Trinajstić information content (AvgIpc) is 2.75. The van der Waals surface area contributed by atoms with Crippen molar-refractivity contribution in [3.8, 4) is 23.1 Å². The normalized spacial score (nSPS) is 11.3. The van der Waals surface area contributed by atoms with E-state index in [-0.39, 0.29) is 5.43 Å². The van der Waals surface area contributed by atoms with Gasteiger partial charge in [-0.2, -0.15) is 0 Å². The molecule has 0 unspecified atom stereocenters. The van der Waals surface area contributed by atoms with Crippen molar-refractivity contribution in [1.82, 2.24) is 9.88 Å².